The summed E-state index contributed by atoms with van der Waals surface area (Å²) in [6.45, 7) is 3.70. The minimum atomic E-state index is 0.0912. The number of hydrogen-bond acceptors (Lipinski definition) is 3. The van der Waals surface area contributed by atoms with Crippen LogP contribution in [0.2, 0.25) is 0 Å². The summed E-state index contributed by atoms with van der Waals surface area (Å²) in [5.74, 6) is 1.54. The number of hydrogen-bond donors (Lipinski definition) is 1. The van der Waals surface area contributed by atoms with Crippen LogP contribution in [0.15, 0.2) is 18.3 Å². The van der Waals surface area contributed by atoms with Gasteiger partial charge in [-0.2, -0.15) is 0 Å². The van der Waals surface area contributed by atoms with Crippen LogP contribution < -0.4 is 5.32 Å². The van der Waals surface area contributed by atoms with Crippen LogP contribution in [0, 0.1) is 5.92 Å². The first-order valence-corrected chi connectivity index (χ1v) is 7.16. The topological polar surface area (TPSA) is 45.2 Å². The molecule has 1 fully saturated rings. The first-order chi connectivity index (χ1) is 9.20. The second-order valence-corrected chi connectivity index (χ2v) is 5.30. The lowest BCUT2D eigenvalue weighted by Crippen LogP contribution is -2.31. The Bertz CT molecular complexity index is 427. The van der Waals surface area contributed by atoms with Gasteiger partial charge in [-0.05, 0) is 37.8 Å². The smallest absolute Gasteiger partial charge is 0.253 e. The van der Waals surface area contributed by atoms with E-state index in [0.29, 0.717) is 11.5 Å². The SMILES string of the molecule is CCNc1cc(C(=O)N(C)CC2CCCC2)ccn1. The molecule has 1 saturated carbocycles. The van der Waals surface area contributed by atoms with Crippen LogP contribution in [0.1, 0.15) is 43.0 Å². The standard InChI is InChI=1S/C15H23N3O/c1-3-16-14-10-13(8-9-17-14)15(19)18(2)11-12-6-4-5-7-12/h8-10,12H,3-7,11H2,1-2H3,(H,16,17). The summed E-state index contributed by atoms with van der Waals surface area (Å²) >= 11 is 0. The van der Waals surface area contributed by atoms with Gasteiger partial charge < -0.3 is 10.2 Å². The maximum Gasteiger partial charge on any atom is 0.253 e. The van der Waals surface area contributed by atoms with E-state index in [9.17, 15) is 4.79 Å². The van der Waals surface area contributed by atoms with E-state index in [4.69, 9.17) is 0 Å². The van der Waals surface area contributed by atoms with Crippen molar-refractivity contribution >= 4 is 11.7 Å². The summed E-state index contributed by atoms with van der Waals surface area (Å²) in [6, 6.07) is 3.62. The molecule has 4 nitrogen and oxygen atoms in total. The highest BCUT2D eigenvalue weighted by atomic mass is 16.2. The van der Waals surface area contributed by atoms with Crippen LogP contribution in [-0.2, 0) is 0 Å². The summed E-state index contributed by atoms with van der Waals surface area (Å²) in [4.78, 5) is 18.4. The van der Waals surface area contributed by atoms with E-state index < -0.39 is 0 Å². The van der Waals surface area contributed by atoms with Crippen LogP contribution in [0.4, 0.5) is 5.82 Å². The van der Waals surface area contributed by atoms with E-state index in [2.05, 4.69) is 10.3 Å². The number of aromatic nitrogens is 1. The molecule has 1 aliphatic carbocycles. The van der Waals surface area contributed by atoms with Crippen molar-refractivity contribution in [1.82, 2.24) is 9.88 Å². The molecule has 1 amide bonds. The summed E-state index contributed by atoms with van der Waals surface area (Å²) in [6.07, 6.45) is 6.83. The Labute approximate surface area is 115 Å². The molecular weight excluding hydrogens is 238 g/mol. The normalized spacial score (nSPS) is 15.5. The second-order valence-electron chi connectivity index (χ2n) is 5.30. The molecule has 19 heavy (non-hydrogen) atoms. The van der Waals surface area contributed by atoms with Gasteiger partial charge in [0.1, 0.15) is 5.82 Å². The fraction of sp³-hybridized carbons (Fsp3) is 0.600. The van der Waals surface area contributed by atoms with Gasteiger partial charge in [0, 0.05) is 31.9 Å². The third-order valence-electron chi connectivity index (χ3n) is 3.72. The summed E-state index contributed by atoms with van der Waals surface area (Å²) in [7, 11) is 1.90. The Hall–Kier alpha value is -1.58. The van der Waals surface area contributed by atoms with Crippen LogP contribution in [0.3, 0.4) is 0 Å². The first kappa shape index (κ1) is 13.8. The average molecular weight is 261 g/mol. The van der Waals surface area contributed by atoms with Gasteiger partial charge in [-0.1, -0.05) is 12.8 Å². The van der Waals surface area contributed by atoms with Gasteiger partial charge in [0.05, 0.1) is 0 Å². The Morgan fingerprint density at radius 2 is 2.21 bits per heavy atom. The second kappa shape index (κ2) is 6.55. The van der Waals surface area contributed by atoms with E-state index in [-0.39, 0.29) is 5.91 Å². The number of pyridine rings is 1. The molecule has 4 heteroatoms. The van der Waals surface area contributed by atoms with Crippen molar-refractivity contribution in [3.8, 4) is 0 Å². The van der Waals surface area contributed by atoms with Gasteiger partial charge in [-0.15, -0.1) is 0 Å². The number of amides is 1. The molecule has 0 aliphatic heterocycles. The minimum absolute atomic E-state index is 0.0912. The summed E-state index contributed by atoms with van der Waals surface area (Å²) < 4.78 is 0. The fourth-order valence-corrected chi connectivity index (χ4v) is 2.72. The predicted molar refractivity (Wildman–Crippen MR) is 77.3 cm³/mol. The van der Waals surface area contributed by atoms with E-state index in [1.165, 1.54) is 25.7 Å². The molecule has 0 atom stereocenters. The van der Waals surface area contributed by atoms with E-state index in [1.807, 2.05) is 24.9 Å². The van der Waals surface area contributed by atoms with E-state index in [0.717, 1.165) is 18.9 Å². The van der Waals surface area contributed by atoms with Crippen LogP contribution in [-0.4, -0.2) is 35.9 Å². The Kier molecular flexibility index (Phi) is 4.77. The van der Waals surface area contributed by atoms with Gasteiger partial charge in [0.25, 0.3) is 5.91 Å². The highest BCUT2D eigenvalue weighted by Crippen LogP contribution is 2.25. The lowest BCUT2D eigenvalue weighted by atomic mass is 10.1. The fourth-order valence-electron chi connectivity index (χ4n) is 2.72. The zero-order valence-corrected chi connectivity index (χ0v) is 11.9. The van der Waals surface area contributed by atoms with Crippen LogP contribution >= 0.6 is 0 Å². The van der Waals surface area contributed by atoms with Gasteiger partial charge in [-0.3, -0.25) is 4.79 Å². The maximum absolute atomic E-state index is 12.4. The average Bonchev–Trinajstić information content (AvgIpc) is 2.91. The number of carbonyl (C=O) groups is 1. The first-order valence-electron chi connectivity index (χ1n) is 7.16. The Balaban J connectivity index is 1.99. The molecule has 1 N–H and O–H groups in total. The number of rotatable bonds is 5. The molecule has 0 saturated heterocycles. The molecule has 104 valence electrons. The van der Waals surface area contributed by atoms with Crippen molar-refractivity contribution in [3.05, 3.63) is 23.9 Å². The Morgan fingerprint density at radius 1 is 1.47 bits per heavy atom. The van der Waals surface area contributed by atoms with Crippen molar-refractivity contribution in [2.45, 2.75) is 32.6 Å². The van der Waals surface area contributed by atoms with Gasteiger partial charge in [0.15, 0.2) is 0 Å². The molecular formula is C15H23N3O. The van der Waals surface area contributed by atoms with Gasteiger partial charge >= 0.3 is 0 Å². The van der Waals surface area contributed by atoms with Crippen LogP contribution in [0.25, 0.3) is 0 Å². The largest absolute Gasteiger partial charge is 0.370 e. The third kappa shape index (κ3) is 3.69. The lowest BCUT2D eigenvalue weighted by Gasteiger charge is -2.21. The van der Waals surface area contributed by atoms with Crippen molar-refractivity contribution in [2.24, 2.45) is 5.92 Å². The van der Waals surface area contributed by atoms with Gasteiger partial charge in [0.2, 0.25) is 0 Å². The highest BCUT2D eigenvalue weighted by molar-refractivity contribution is 5.94. The van der Waals surface area contributed by atoms with Gasteiger partial charge in [-0.25, -0.2) is 4.98 Å². The molecule has 0 bridgehead atoms. The van der Waals surface area contributed by atoms with Crippen molar-refractivity contribution in [3.63, 3.8) is 0 Å². The molecule has 0 spiro atoms. The molecule has 0 radical (unpaired) electrons. The number of anilines is 1. The zero-order chi connectivity index (χ0) is 13.7. The Morgan fingerprint density at radius 3 is 2.89 bits per heavy atom. The van der Waals surface area contributed by atoms with Crippen molar-refractivity contribution < 1.29 is 4.79 Å². The maximum atomic E-state index is 12.4. The van der Waals surface area contributed by atoms with Crippen molar-refractivity contribution in [1.29, 1.82) is 0 Å². The molecule has 1 aromatic rings. The molecule has 0 unspecified atom stereocenters. The highest BCUT2D eigenvalue weighted by Gasteiger charge is 2.20. The molecule has 0 aromatic carbocycles. The molecule has 1 aliphatic rings. The monoisotopic (exact) mass is 261 g/mol. The number of nitrogens with zero attached hydrogens (tertiary/aromatic N) is 2. The zero-order valence-electron chi connectivity index (χ0n) is 11.9. The lowest BCUT2D eigenvalue weighted by molar-refractivity contribution is 0.0773. The molecule has 1 heterocycles. The summed E-state index contributed by atoms with van der Waals surface area (Å²) in [5, 5.41) is 3.13. The molecule has 1 aromatic heterocycles. The summed E-state index contributed by atoms with van der Waals surface area (Å²) in [5.41, 5.74) is 0.714. The van der Waals surface area contributed by atoms with Crippen LogP contribution in [0.5, 0.6) is 0 Å². The van der Waals surface area contributed by atoms with Crippen molar-refractivity contribution in [2.75, 3.05) is 25.5 Å². The van der Waals surface area contributed by atoms with E-state index >= 15 is 0 Å². The molecule has 2 rings (SSSR count). The number of carbonyl (C=O) groups excluding carboxylic acids is 1. The van der Waals surface area contributed by atoms with E-state index in [1.54, 1.807) is 12.3 Å². The third-order valence-corrected chi connectivity index (χ3v) is 3.72. The predicted octanol–water partition coefficient (Wildman–Crippen LogP) is 2.78. The minimum Gasteiger partial charge on any atom is -0.370 e. The quantitative estimate of drug-likeness (QED) is 0.886. The number of nitrogens with one attached hydrogen (secondary N) is 1.